The van der Waals surface area contributed by atoms with Crippen LogP contribution in [0.4, 0.5) is 4.39 Å². The van der Waals surface area contributed by atoms with Crippen molar-refractivity contribution in [1.82, 2.24) is 20.6 Å². The van der Waals surface area contributed by atoms with Crippen molar-refractivity contribution < 1.29 is 13.9 Å². The number of nitrogens with zero attached hydrogens (tertiary/aromatic N) is 3. The van der Waals surface area contributed by atoms with Crippen molar-refractivity contribution in [2.24, 2.45) is 0 Å². The van der Waals surface area contributed by atoms with Gasteiger partial charge in [-0.2, -0.15) is 5.21 Å². The third kappa shape index (κ3) is 3.00. The van der Waals surface area contributed by atoms with Gasteiger partial charge in [0.05, 0.1) is 4.47 Å². The average molecular weight is 403 g/mol. The number of furan rings is 1. The normalized spacial score (nSPS) is 11.3. The second kappa shape index (κ2) is 6.29. The highest BCUT2D eigenvalue weighted by atomic mass is 79.9. The molecule has 2 heterocycles. The summed E-state index contributed by atoms with van der Waals surface area (Å²) >= 11 is 3.28. The first kappa shape index (κ1) is 15.8. The monoisotopic (exact) mass is 402 g/mol. The Kier molecular flexibility index (Phi) is 3.96. The topological polar surface area (TPSA) is 87.8 Å². The van der Waals surface area contributed by atoms with Crippen molar-refractivity contribution in [3.05, 3.63) is 57.8 Å². The zero-order valence-electron chi connectivity index (χ0n) is 12.8. The smallest absolute Gasteiger partial charge is 0.239 e. The standard InChI is InChI=1S/C17H12BrFN4O2/c18-12-7-9(2-6-13(12)24)1-3-10-4-5-11-8-14(17-20-22-23-21-17)25-16(11)15(10)19/h2,4-8,24H,1,3H2,(H,20,21,22,23). The van der Waals surface area contributed by atoms with Crippen molar-refractivity contribution in [2.75, 3.05) is 0 Å². The van der Waals surface area contributed by atoms with Crippen LogP contribution in [-0.2, 0) is 12.8 Å². The van der Waals surface area contributed by atoms with Crippen molar-refractivity contribution in [2.45, 2.75) is 12.8 Å². The quantitative estimate of drug-likeness (QED) is 0.538. The maximum Gasteiger partial charge on any atom is 0.239 e. The number of aromatic amines is 1. The van der Waals surface area contributed by atoms with E-state index in [-0.39, 0.29) is 23.0 Å². The van der Waals surface area contributed by atoms with E-state index in [1.54, 1.807) is 18.2 Å². The number of phenols is 1. The number of fused-ring (bicyclic) bond motifs is 1. The molecule has 0 saturated heterocycles. The maximum absolute atomic E-state index is 14.8. The van der Waals surface area contributed by atoms with Crippen LogP contribution >= 0.6 is 15.9 Å². The summed E-state index contributed by atoms with van der Waals surface area (Å²) in [6, 6.07) is 10.5. The van der Waals surface area contributed by atoms with E-state index >= 15 is 0 Å². The minimum atomic E-state index is -0.384. The Morgan fingerprint density at radius 1 is 1.16 bits per heavy atom. The highest BCUT2D eigenvalue weighted by Crippen LogP contribution is 2.30. The molecule has 2 aromatic heterocycles. The molecule has 0 aliphatic carbocycles. The third-order valence-electron chi connectivity index (χ3n) is 3.97. The van der Waals surface area contributed by atoms with Gasteiger partial charge in [0.2, 0.25) is 5.82 Å². The number of halogens is 2. The Hall–Kier alpha value is -2.74. The second-order valence-corrected chi connectivity index (χ2v) is 6.44. The van der Waals surface area contributed by atoms with Gasteiger partial charge < -0.3 is 9.52 Å². The zero-order chi connectivity index (χ0) is 17.4. The molecule has 0 unspecified atom stereocenters. The fraction of sp³-hybridized carbons (Fsp3) is 0.118. The maximum atomic E-state index is 14.8. The molecule has 2 N–H and O–H groups in total. The van der Waals surface area contributed by atoms with Gasteiger partial charge in [-0.1, -0.05) is 18.2 Å². The van der Waals surface area contributed by atoms with Gasteiger partial charge in [0.1, 0.15) is 5.75 Å². The lowest BCUT2D eigenvalue weighted by Crippen LogP contribution is -1.95. The van der Waals surface area contributed by atoms with Gasteiger partial charge in [-0.25, -0.2) is 4.39 Å². The lowest BCUT2D eigenvalue weighted by molar-refractivity contribution is 0.471. The number of benzene rings is 2. The van der Waals surface area contributed by atoms with E-state index in [0.29, 0.717) is 34.0 Å². The number of nitrogens with one attached hydrogen (secondary N) is 1. The van der Waals surface area contributed by atoms with Gasteiger partial charge in [0.15, 0.2) is 17.2 Å². The molecule has 0 amide bonds. The van der Waals surface area contributed by atoms with Crippen LogP contribution in [0.25, 0.3) is 22.6 Å². The van der Waals surface area contributed by atoms with Gasteiger partial charge in [0, 0.05) is 5.39 Å². The summed E-state index contributed by atoms with van der Waals surface area (Å²) in [5, 5.41) is 23.7. The van der Waals surface area contributed by atoms with Crippen LogP contribution in [0.1, 0.15) is 11.1 Å². The van der Waals surface area contributed by atoms with E-state index in [0.717, 1.165) is 5.56 Å². The molecule has 6 nitrogen and oxygen atoms in total. The average Bonchev–Trinajstić information content (AvgIpc) is 3.26. The minimum Gasteiger partial charge on any atom is -0.507 e. The third-order valence-corrected chi connectivity index (χ3v) is 4.60. The molecule has 0 aliphatic heterocycles. The highest BCUT2D eigenvalue weighted by molar-refractivity contribution is 9.10. The number of phenolic OH excluding ortho intramolecular Hbond substituents is 1. The van der Waals surface area contributed by atoms with Gasteiger partial charge >= 0.3 is 0 Å². The number of aromatic hydroxyl groups is 1. The molecular formula is C17H12BrFN4O2. The fourth-order valence-corrected chi connectivity index (χ4v) is 3.09. The summed E-state index contributed by atoms with van der Waals surface area (Å²) in [5.74, 6) is 0.444. The lowest BCUT2D eigenvalue weighted by Gasteiger charge is -2.05. The molecule has 0 spiro atoms. The molecule has 0 atom stereocenters. The summed E-state index contributed by atoms with van der Waals surface area (Å²) in [4.78, 5) is 0. The predicted molar refractivity (Wildman–Crippen MR) is 92.6 cm³/mol. The van der Waals surface area contributed by atoms with E-state index in [1.807, 2.05) is 18.2 Å². The summed E-state index contributed by atoms with van der Waals surface area (Å²) in [6.07, 6.45) is 1.15. The Morgan fingerprint density at radius 2 is 2.04 bits per heavy atom. The number of aromatic nitrogens is 4. The Balaban J connectivity index is 1.61. The molecule has 0 radical (unpaired) electrons. The molecule has 0 bridgehead atoms. The van der Waals surface area contributed by atoms with Crippen LogP contribution in [0.15, 0.2) is 45.3 Å². The number of hydrogen-bond donors (Lipinski definition) is 2. The molecular weight excluding hydrogens is 391 g/mol. The van der Waals surface area contributed by atoms with Crippen LogP contribution in [0.5, 0.6) is 5.75 Å². The Labute approximate surface area is 149 Å². The van der Waals surface area contributed by atoms with E-state index in [2.05, 4.69) is 36.6 Å². The molecule has 8 heteroatoms. The van der Waals surface area contributed by atoms with E-state index < -0.39 is 0 Å². The first-order chi connectivity index (χ1) is 12.1. The van der Waals surface area contributed by atoms with Gasteiger partial charge in [0.25, 0.3) is 0 Å². The molecule has 2 aromatic carbocycles. The lowest BCUT2D eigenvalue weighted by atomic mass is 10.0. The van der Waals surface area contributed by atoms with Crippen LogP contribution in [0.3, 0.4) is 0 Å². The molecule has 4 aromatic rings. The van der Waals surface area contributed by atoms with Crippen molar-refractivity contribution in [3.63, 3.8) is 0 Å². The first-order valence-corrected chi connectivity index (χ1v) is 8.33. The highest BCUT2D eigenvalue weighted by Gasteiger charge is 2.16. The number of tetrazole rings is 1. The van der Waals surface area contributed by atoms with Crippen LogP contribution in [0.2, 0.25) is 0 Å². The summed E-state index contributed by atoms with van der Waals surface area (Å²) < 4.78 is 21.0. The van der Waals surface area contributed by atoms with Crippen LogP contribution in [-0.4, -0.2) is 25.7 Å². The Morgan fingerprint density at radius 3 is 2.80 bits per heavy atom. The van der Waals surface area contributed by atoms with E-state index in [1.165, 1.54) is 0 Å². The van der Waals surface area contributed by atoms with Gasteiger partial charge in [-0.05, 0) is 63.3 Å². The fourth-order valence-electron chi connectivity index (χ4n) is 2.66. The Bertz CT molecular complexity index is 1050. The van der Waals surface area contributed by atoms with Crippen LogP contribution < -0.4 is 0 Å². The van der Waals surface area contributed by atoms with Crippen molar-refractivity contribution in [1.29, 1.82) is 0 Å². The summed E-state index contributed by atoms with van der Waals surface area (Å²) in [6.45, 7) is 0. The molecule has 0 saturated carbocycles. The minimum absolute atomic E-state index is 0.181. The first-order valence-electron chi connectivity index (χ1n) is 7.54. The van der Waals surface area contributed by atoms with E-state index in [9.17, 15) is 9.50 Å². The zero-order valence-corrected chi connectivity index (χ0v) is 14.4. The molecule has 4 rings (SSSR count). The number of hydrogen-bond acceptors (Lipinski definition) is 5. The molecule has 0 fully saturated rings. The van der Waals surface area contributed by atoms with E-state index in [4.69, 9.17) is 4.42 Å². The summed E-state index contributed by atoms with van der Waals surface area (Å²) in [7, 11) is 0. The molecule has 25 heavy (non-hydrogen) atoms. The summed E-state index contributed by atoms with van der Waals surface area (Å²) in [5.41, 5.74) is 1.74. The number of H-pyrrole nitrogens is 1. The number of aryl methyl sites for hydroxylation is 2. The van der Waals surface area contributed by atoms with Crippen molar-refractivity contribution >= 4 is 26.9 Å². The predicted octanol–water partition coefficient (Wildman–Crippen LogP) is 4.01. The van der Waals surface area contributed by atoms with Crippen LogP contribution in [0, 0.1) is 5.82 Å². The molecule has 126 valence electrons. The number of rotatable bonds is 4. The SMILES string of the molecule is Oc1ccc(CCc2ccc3cc(-c4nn[nH]n4)oc3c2F)cc1Br. The second-order valence-electron chi connectivity index (χ2n) is 5.59. The van der Waals surface area contributed by atoms with Gasteiger partial charge in [-0.3, -0.25) is 0 Å². The molecule has 0 aliphatic rings. The van der Waals surface area contributed by atoms with Gasteiger partial charge in [-0.15, -0.1) is 10.2 Å². The largest absolute Gasteiger partial charge is 0.507 e. The van der Waals surface area contributed by atoms with Crippen molar-refractivity contribution in [3.8, 4) is 17.3 Å².